The largest absolute Gasteiger partial charge is 0.495 e. The number of methoxy groups -OCH3 is 1. The van der Waals surface area contributed by atoms with Crippen LogP contribution in [0.3, 0.4) is 0 Å². The van der Waals surface area contributed by atoms with E-state index < -0.39 is 18.5 Å². The van der Waals surface area contributed by atoms with Crippen molar-refractivity contribution in [1.82, 2.24) is 4.98 Å². The van der Waals surface area contributed by atoms with Gasteiger partial charge in [-0.2, -0.15) is 0 Å². The number of hydrogen-bond donors (Lipinski definition) is 1. The van der Waals surface area contributed by atoms with E-state index in [1.807, 2.05) is 36.4 Å². The third-order valence-electron chi connectivity index (χ3n) is 4.39. The van der Waals surface area contributed by atoms with Crippen LogP contribution in [0, 0.1) is 0 Å². The van der Waals surface area contributed by atoms with Crippen LogP contribution in [0.5, 0.6) is 5.75 Å². The van der Waals surface area contributed by atoms with E-state index >= 15 is 0 Å². The molecule has 0 aliphatic carbocycles. The summed E-state index contributed by atoms with van der Waals surface area (Å²) in [5.74, 6) is -0.510. The van der Waals surface area contributed by atoms with E-state index in [4.69, 9.17) is 9.47 Å². The molecule has 1 heterocycles. The fraction of sp³-hybridized carbons (Fsp3) is 0.0870. The molecule has 30 heavy (non-hydrogen) atoms. The number of benzene rings is 3. The smallest absolute Gasteiger partial charge is 0.339 e. The lowest BCUT2D eigenvalue weighted by molar-refractivity contribution is -0.119. The van der Waals surface area contributed by atoms with E-state index in [9.17, 15) is 9.59 Å². The highest BCUT2D eigenvalue weighted by Crippen LogP contribution is 2.32. The van der Waals surface area contributed by atoms with Crippen molar-refractivity contribution in [1.29, 1.82) is 0 Å². The number of carbonyl (C=O) groups is 2. The number of para-hydroxylation sites is 3. The van der Waals surface area contributed by atoms with Crippen LogP contribution in [-0.4, -0.2) is 30.6 Å². The third kappa shape index (κ3) is 4.16. The van der Waals surface area contributed by atoms with Gasteiger partial charge in [0.05, 0.1) is 28.6 Å². The standard InChI is InChI=1S/C23H18N2O4S/c1-28-19-12-6-4-10-17(19)24-21(26)14-29-23(27)16-9-3-2-8-15(16)22-25-18-11-5-7-13-20(18)30-22/h2-13H,14H2,1H3,(H,24,26). The van der Waals surface area contributed by atoms with Gasteiger partial charge in [-0.1, -0.05) is 42.5 Å². The summed E-state index contributed by atoms with van der Waals surface area (Å²) in [4.78, 5) is 29.5. The molecule has 0 aliphatic heterocycles. The van der Waals surface area contributed by atoms with Crippen molar-refractivity contribution < 1.29 is 19.1 Å². The fourth-order valence-corrected chi connectivity index (χ4v) is 3.98. The van der Waals surface area contributed by atoms with Crippen LogP contribution >= 0.6 is 11.3 Å². The van der Waals surface area contributed by atoms with Gasteiger partial charge in [-0.25, -0.2) is 9.78 Å². The van der Waals surface area contributed by atoms with Gasteiger partial charge < -0.3 is 14.8 Å². The number of nitrogens with zero attached hydrogens (tertiary/aromatic N) is 1. The van der Waals surface area contributed by atoms with Gasteiger partial charge in [-0.3, -0.25) is 4.79 Å². The van der Waals surface area contributed by atoms with E-state index in [0.29, 0.717) is 22.6 Å². The molecule has 3 aromatic carbocycles. The molecule has 0 bridgehead atoms. The summed E-state index contributed by atoms with van der Waals surface area (Å²) in [7, 11) is 1.52. The summed E-state index contributed by atoms with van der Waals surface area (Å²) < 4.78 is 11.5. The summed E-state index contributed by atoms with van der Waals surface area (Å²) in [5.41, 5.74) is 2.42. The molecule has 0 radical (unpaired) electrons. The Labute approximate surface area is 177 Å². The molecule has 0 unspecified atom stereocenters. The van der Waals surface area contributed by atoms with Gasteiger partial charge >= 0.3 is 5.97 Å². The van der Waals surface area contributed by atoms with Gasteiger partial charge in [0.2, 0.25) is 0 Å². The van der Waals surface area contributed by atoms with Crippen molar-refractivity contribution >= 4 is 39.1 Å². The number of esters is 1. The van der Waals surface area contributed by atoms with Gasteiger partial charge in [0.25, 0.3) is 5.91 Å². The molecule has 7 heteroatoms. The summed E-state index contributed by atoms with van der Waals surface area (Å²) in [6, 6.07) is 21.9. The minimum absolute atomic E-state index is 0.363. The molecule has 0 aliphatic rings. The number of rotatable bonds is 6. The molecule has 4 rings (SSSR count). The van der Waals surface area contributed by atoms with Crippen LogP contribution in [0.15, 0.2) is 72.8 Å². The maximum absolute atomic E-state index is 12.7. The molecule has 1 N–H and O–H groups in total. The van der Waals surface area contributed by atoms with Crippen molar-refractivity contribution in [3.8, 4) is 16.3 Å². The first-order chi connectivity index (χ1) is 14.7. The number of thiazole rings is 1. The second-order valence-electron chi connectivity index (χ2n) is 6.36. The number of carbonyl (C=O) groups excluding carboxylic acids is 2. The molecule has 0 spiro atoms. The van der Waals surface area contributed by atoms with Gasteiger partial charge in [0, 0.05) is 5.56 Å². The Hall–Kier alpha value is -3.71. The van der Waals surface area contributed by atoms with Gasteiger partial charge in [0.15, 0.2) is 6.61 Å². The minimum atomic E-state index is -0.583. The number of aromatic nitrogens is 1. The summed E-state index contributed by atoms with van der Waals surface area (Å²) in [5, 5.41) is 3.41. The zero-order valence-electron chi connectivity index (χ0n) is 16.1. The Bertz CT molecular complexity index is 1190. The van der Waals surface area contributed by atoms with Gasteiger partial charge in [0.1, 0.15) is 10.8 Å². The van der Waals surface area contributed by atoms with Crippen LogP contribution in [0.2, 0.25) is 0 Å². The average molecular weight is 418 g/mol. The quantitative estimate of drug-likeness (QED) is 0.457. The maximum atomic E-state index is 12.7. The predicted octanol–water partition coefficient (Wildman–Crippen LogP) is 4.77. The van der Waals surface area contributed by atoms with Crippen LogP contribution in [0.4, 0.5) is 5.69 Å². The number of hydrogen-bond acceptors (Lipinski definition) is 6. The highest BCUT2D eigenvalue weighted by atomic mass is 32.1. The lowest BCUT2D eigenvalue weighted by atomic mass is 10.1. The first kappa shape index (κ1) is 19.6. The van der Waals surface area contributed by atoms with E-state index in [1.54, 1.807) is 36.4 Å². The molecule has 1 aromatic heterocycles. The van der Waals surface area contributed by atoms with Crippen LogP contribution in [-0.2, 0) is 9.53 Å². The van der Waals surface area contributed by atoms with E-state index in [-0.39, 0.29) is 0 Å². The predicted molar refractivity (Wildman–Crippen MR) is 117 cm³/mol. The average Bonchev–Trinajstić information content (AvgIpc) is 3.22. The molecule has 0 saturated heterocycles. The number of fused-ring (bicyclic) bond motifs is 1. The first-order valence-electron chi connectivity index (χ1n) is 9.20. The normalized spacial score (nSPS) is 10.6. The van der Waals surface area contributed by atoms with Crippen molar-refractivity contribution in [3.63, 3.8) is 0 Å². The molecular formula is C23H18N2O4S. The number of ether oxygens (including phenoxy) is 2. The molecule has 0 saturated carbocycles. The highest BCUT2D eigenvalue weighted by molar-refractivity contribution is 7.21. The Morgan fingerprint density at radius 1 is 0.967 bits per heavy atom. The lowest BCUT2D eigenvalue weighted by Crippen LogP contribution is -2.21. The summed E-state index contributed by atoms with van der Waals surface area (Å²) in [6.07, 6.45) is 0. The molecule has 0 fully saturated rings. The maximum Gasteiger partial charge on any atom is 0.339 e. The molecule has 150 valence electrons. The molecular weight excluding hydrogens is 400 g/mol. The van der Waals surface area contributed by atoms with E-state index in [1.165, 1.54) is 18.4 Å². The number of nitrogens with one attached hydrogen (secondary N) is 1. The van der Waals surface area contributed by atoms with Gasteiger partial charge in [-0.05, 0) is 30.3 Å². The zero-order chi connectivity index (χ0) is 20.9. The van der Waals surface area contributed by atoms with Crippen LogP contribution in [0.1, 0.15) is 10.4 Å². The summed E-state index contributed by atoms with van der Waals surface area (Å²) in [6.45, 7) is -0.412. The lowest BCUT2D eigenvalue weighted by Gasteiger charge is -2.11. The number of anilines is 1. The molecule has 4 aromatic rings. The molecule has 6 nitrogen and oxygen atoms in total. The Balaban J connectivity index is 1.48. The fourth-order valence-electron chi connectivity index (χ4n) is 2.98. The van der Waals surface area contributed by atoms with Crippen molar-refractivity contribution in [3.05, 3.63) is 78.4 Å². The van der Waals surface area contributed by atoms with Crippen LogP contribution < -0.4 is 10.1 Å². The minimum Gasteiger partial charge on any atom is -0.495 e. The van der Waals surface area contributed by atoms with E-state index in [0.717, 1.165) is 15.2 Å². The Morgan fingerprint density at radius 2 is 1.70 bits per heavy atom. The Morgan fingerprint density at radius 3 is 2.53 bits per heavy atom. The molecule has 1 amide bonds. The highest BCUT2D eigenvalue weighted by Gasteiger charge is 2.18. The molecule has 0 atom stereocenters. The van der Waals surface area contributed by atoms with Crippen molar-refractivity contribution in [2.45, 2.75) is 0 Å². The third-order valence-corrected chi connectivity index (χ3v) is 5.46. The topological polar surface area (TPSA) is 77.5 Å². The monoisotopic (exact) mass is 418 g/mol. The van der Waals surface area contributed by atoms with Crippen molar-refractivity contribution in [2.24, 2.45) is 0 Å². The van der Waals surface area contributed by atoms with E-state index in [2.05, 4.69) is 10.3 Å². The zero-order valence-corrected chi connectivity index (χ0v) is 16.9. The SMILES string of the molecule is COc1ccccc1NC(=O)COC(=O)c1ccccc1-c1nc2ccccc2s1. The Kier molecular flexibility index (Phi) is 5.72. The van der Waals surface area contributed by atoms with Crippen molar-refractivity contribution in [2.75, 3.05) is 19.0 Å². The van der Waals surface area contributed by atoms with Crippen LogP contribution in [0.25, 0.3) is 20.8 Å². The summed E-state index contributed by atoms with van der Waals surface area (Å²) >= 11 is 1.50. The second kappa shape index (κ2) is 8.75. The number of amides is 1. The van der Waals surface area contributed by atoms with Gasteiger partial charge in [-0.15, -0.1) is 11.3 Å². The first-order valence-corrected chi connectivity index (χ1v) is 10.0. The second-order valence-corrected chi connectivity index (χ2v) is 7.39.